The summed E-state index contributed by atoms with van der Waals surface area (Å²) < 4.78 is 0.230. The summed E-state index contributed by atoms with van der Waals surface area (Å²) in [7, 11) is 1.87. The molecule has 2 N–H and O–H groups in total. The molecular formula is C20H37N2O3+. The molecule has 1 heterocycles. The summed E-state index contributed by atoms with van der Waals surface area (Å²) in [4.78, 5) is 23.0. The maximum absolute atomic E-state index is 11.8. The number of carboxylic acid groups (broad SMARTS) is 1. The Bertz CT molecular complexity index is 437. The van der Waals surface area contributed by atoms with E-state index in [4.69, 9.17) is 5.11 Å². The molecular weight excluding hydrogens is 316 g/mol. The molecule has 25 heavy (non-hydrogen) atoms. The zero-order valence-electron chi connectivity index (χ0n) is 16.1. The van der Waals surface area contributed by atoms with Gasteiger partial charge >= 0.3 is 12.0 Å². The first-order valence-corrected chi connectivity index (χ1v) is 10.0. The van der Waals surface area contributed by atoms with E-state index in [9.17, 15) is 9.59 Å². The van der Waals surface area contributed by atoms with Crippen molar-refractivity contribution in [3.8, 4) is 0 Å². The molecule has 0 bridgehead atoms. The Morgan fingerprint density at radius 3 is 2.20 bits per heavy atom. The summed E-state index contributed by atoms with van der Waals surface area (Å²) in [6.07, 6.45) is 17.0. The smallest absolute Gasteiger partial charge is 0.425 e. The maximum atomic E-state index is 11.8. The Kier molecular flexibility index (Phi) is 10.5. The van der Waals surface area contributed by atoms with Crippen molar-refractivity contribution >= 4 is 12.0 Å². The quantitative estimate of drug-likeness (QED) is 0.320. The van der Waals surface area contributed by atoms with Crippen LogP contribution in [-0.2, 0) is 4.79 Å². The summed E-state index contributed by atoms with van der Waals surface area (Å²) in [6, 6.07) is -0.0304. The maximum Gasteiger partial charge on any atom is 0.425 e. The number of quaternary nitrogens is 1. The number of aliphatic carboxylic acids is 1. The minimum Gasteiger partial charge on any atom is -0.481 e. The van der Waals surface area contributed by atoms with Gasteiger partial charge < -0.3 is 5.11 Å². The molecule has 1 rings (SSSR count). The zero-order valence-corrected chi connectivity index (χ0v) is 16.1. The second-order valence-electron chi connectivity index (χ2n) is 7.63. The molecule has 0 aromatic heterocycles. The van der Waals surface area contributed by atoms with Crippen LogP contribution >= 0.6 is 0 Å². The fraction of sp³-hybridized carbons (Fsp3) is 0.800. The number of urea groups is 1. The molecule has 0 saturated heterocycles. The molecule has 0 aromatic carbocycles. The number of hydrogen-bond acceptors (Lipinski definition) is 2. The highest BCUT2D eigenvalue weighted by Gasteiger charge is 2.33. The predicted octanol–water partition coefficient (Wildman–Crippen LogP) is 5.03. The summed E-state index contributed by atoms with van der Waals surface area (Å²) in [5.74, 6) is -0.566. The van der Waals surface area contributed by atoms with Crippen LogP contribution in [0, 0.1) is 5.92 Å². The van der Waals surface area contributed by atoms with Crippen LogP contribution in [0.3, 0.4) is 0 Å². The largest absolute Gasteiger partial charge is 0.481 e. The second kappa shape index (κ2) is 12.1. The third-order valence-corrected chi connectivity index (χ3v) is 5.26. The van der Waals surface area contributed by atoms with Gasteiger partial charge in [-0.15, -0.1) is 0 Å². The molecule has 0 saturated carbocycles. The molecule has 1 aliphatic heterocycles. The third kappa shape index (κ3) is 9.05. The van der Waals surface area contributed by atoms with Crippen molar-refractivity contribution in [2.75, 3.05) is 13.6 Å². The standard InChI is InChI=1S/C20H36N2O3/c1-3-4-5-6-7-8-9-10-11-12-18(17-19(23)24)13-15-22(2)16-14-21-20(22)25/h14,16,18H,3-13,15,17H2,1-2H3,(H-,21,23,24,25)/p+1. The number of nitrogens with one attached hydrogen (secondary N) is 1. The minimum atomic E-state index is -0.731. The lowest BCUT2D eigenvalue weighted by atomic mass is 9.93. The van der Waals surface area contributed by atoms with Crippen molar-refractivity contribution in [1.82, 2.24) is 5.32 Å². The lowest BCUT2D eigenvalue weighted by Gasteiger charge is -2.24. The zero-order chi connectivity index (χ0) is 18.5. The van der Waals surface area contributed by atoms with Gasteiger partial charge in [0.05, 0.1) is 19.8 Å². The number of unbranched alkanes of at least 4 members (excludes halogenated alkanes) is 8. The first-order valence-electron chi connectivity index (χ1n) is 10.0. The lowest BCUT2D eigenvalue weighted by Crippen LogP contribution is -2.45. The van der Waals surface area contributed by atoms with Gasteiger partial charge in [0.1, 0.15) is 6.20 Å². The number of nitrogens with zero attached hydrogens (tertiary/aromatic N) is 1. The number of carboxylic acids is 1. The molecule has 5 heteroatoms. The van der Waals surface area contributed by atoms with E-state index in [0.29, 0.717) is 6.54 Å². The first-order chi connectivity index (χ1) is 12.0. The van der Waals surface area contributed by atoms with Gasteiger partial charge in [-0.2, -0.15) is 0 Å². The molecule has 0 aromatic rings. The number of hydrogen-bond donors (Lipinski definition) is 2. The SMILES string of the molecule is CCCCCCCCCCCC(CC[N+]1(C)C=CNC1=O)CC(=O)O. The van der Waals surface area contributed by atoms with E-state index >= 15 is 0 Å². The van der Waals surface area contributed by atoms with E-state index in [0.717, 1.165) is 19.3 Å². The fourth-order valence-electron chi connectivity index (χ4n) is 3.45. The molecule has 0 radical (unpaired) electrons. The van der Waals surface area contributed by atoms with Crippen LogP contribution in [0.4, 0.5) is 4.79 Å². The topological polar surface area (TPSA) is 66.4 Å². The van der Waals surface area contributed by atoms with Crippen molar-refractivity contribution < 1.29 is 19.2 Å². The summed E-state index contributed by atoms with van der Waals surface area (Å²) in [6.45, 7) is 2.90. The monoisotopic (exact) mass is 353 g/mol. The number of carbonyl (C=O) groups is 2. The van der Waals surface area contributed by atoms with E-state index in [2.05, 4.69) is 12.2 Å². The number of carbonyl (C=O) groups excluding carboxylic acids is 1. The normalized spacial score (nSPS) is 20.6. The van der Waals surface area contributed by atoms with Crippen LogP contribution in [0.2, 0.25) is 0 Å². The molecule has 0 spiro atoms. The van der Waals surface area contributed by atoms with Crippen LogP contribution in [0.15, 0.2) is 12.4 Å². The van der Waals surface area contributed by atoms with Crippen LogP contribution in [0.25, 0.3) is 0 Å². The molecule has 0 fully saturated rings. The molecule has 144 valence electrons. The summed E-state index contributed by atoms with van der Waals surface area (Å²) in [5.41, 5.74) is 0. The van der Waals surface area contributed by atoms with Gasteiger partial charge in [0, 0.05) is 12.8 Å². The van der Waals surface area contributed by atoms with Gasteiger partial charge in [-0.1, -0.05) is 64.7 Å². The Balaban J connectivity index is 2.19. The third-order valence-electron chi connectivity index (χ3n) is 5.26. The number of amides is 2. The summed E-state index contributed by atoms with van der Waals surface area (Å²) in [5, 5.41) is 11.8. The van der Waals surface area contributed by atoms with Crippen molar-refractivity contribution in [1.29, 1.82) is 0 Å². The number of rotatable bonds is 15. The van der Waals surface area contributed by atoms with Crippen LogP contribution < -0.4 is 5.32 Å². The average molecular weight is 354 g/mol. The molecule has 5 nitrogen and oxygen atoms in total. The second-order valence-corrected chi connectivity index (χ2v) is 7.63. The Labute approximate surface area is 153 Å². The van der Waals surface area contributed by atoms with E-state index in [-0.39, 0.29) is 22.9 Å². The van der Waals surface area contributed by atoms with Crippen LogP contribution in [0.1, 0.15) is 84.0 Å². The van der Waals surface area contributed by atoms with Crippen LogP contribution in [0.5, 0.6) is 0 Å². The van der Waals surface area contributed by atoms with E-state index < -0.39 is 5.97 Å². The van der Waals surface area contributed by atoms with Gasteiger partial charge in [-0.3, -0.25) is 10.1 Å². The highest BCUT2D eigenvalue weighted by Crippen LogP contribution is 2.22. The van der Waals surface area contributed by atoms with Crippen LogP contribution in [-0.4, -0.2) is 35.2 Å². The van der Waals surface area contributed by atoms with E-state index in [1.807, 2.05) is 13.2 Å². The van der Waals surface area contributed by atoms with E-state index in [1.165, 1.54) is 51.4 Å². The molecule has 2 atom stereocenters. The molecule has 1 aliphatic rings. The van der Waals surface area contributed by atoms with Gasteiger partial charge in [-0.25, -0.2) is 9.28 Å². The summed E-state index contributed by atoms with van der Waals surface area (Å²) >= 11 is 0. The Morgan fingerprint density at radius 1 is 1.08 bits per heavy atom. The van der Waals surface area contributed by atoms with Crippen molar-refractivity contribution in [2.24, 2.45) is 5.92 Å². The molecule has 2 amide bonds. The first kappa shape index (κ1) is 21.7. The molecule has 2 unspecified atom stereocenters. The van der Waals surface area contributed by atoms with Gasteiger partial charge in [0.15, 0.2) is 0 Å². The highest BCUT2D eigenvalue weighted by atomic mass is 16.4. The van der Waals surface area contributed by atoms with Crippen molar-refractivity contribution in [3.63, 3.8) is 0 Å². The van der Waals surface area contributed by atoms with Crippen molar-refractivity contribution in [3.05, 3.63) is 12.4 Å². The highest BCUT2D eigenvalue weighted by molar-refractivity contribution is 5.70. The molecule has 0 aliphatic carbocycles. The Hall–Kier alpha value is -1.36. The van der Waals surface area contributed by atoms with Crippen molar-refractivity contribution in [2.45, 2.75) is 84.0 Å². The van der Waals surface area contributed by atoms with Gasteiger partial charge in [-0.05, 0) is 12.3 Å². The minimum absolute atomic E-state index is 0.0304. The van der Waals surface area contributed by atoms with E-state index in [1.54, 1.807) is 6.20 Å². The van der Waals surface area contributed by atoms with Gasteiger partial charge in [0.25, 0.3) is 0 Å². The predicted molar refractivity (Wildman–Crippen MR) is 101 cm³/mol. The van der Waals surface area contributed by atoms with Gasteiger partial charge in [0.2, 0.25) is 0 Å². The fourth-order valence-corrected chi connectivity index (χ4v) is 3.45. The lowest BCUT2D eigenvalue weighted by molar-refractivity contribution is -0.772. The average Bonchev–Trinajstić information content (AvgIpc) is 2.90. The Morgan fingerprint density at radius 2 is 1.68 bits per heavy atom.